The van der Waals surface area contributed by atoms with Crippen LogP contribution in [-0.4, -0.2) is 18.5 Å². The number of amides is 1. The van der Waals surface area contributed by atoms with Gasteiger partial charge in [-0.1, -0.05) is 0 Å². The lowest BCUT2D eigenvalue weighted by Gasteiger charge is -2.00. The zero-order chi connectivity index (χ0) is 8.69. The van der Waals surface area contributed by atoms with Crippen LogP contribution in [0.3, 0.4) is 0 Å². The molecule has 0 aromatic carbocycles. The van der Waals surface area contributed by atoms with Crippen LogP contribution < -0.4 is 5.32 Å². The third kappa shape index (κ3) is 5.39. The quantitative estimate of drug-likeness (QED) is 0.471. The van der Waals surface area contributed by atoms with Crippen molar-refractivity contribution in [3.05, 3.63) is 6.54 Å². The first kappa shape index (κ1) is 9.94. The Hall–Kier alpha value is -1.06. The van der Waals surface area contributed by atoms with E-state index in [-0.39, 0.29) is 12.3 Å². The maximum absolute atomic E-state index is 10.7. The molecule has 0 aliphatic heterocycles. The molecule has 1 N–H and O–H groups in total. The molecule has 0 fully saturated rings. The minimum absolute atomic E-state index is 0.210. The highest BCUT2D eigenvalue weighted by Gasteiger charge is 2.07. The Kier molecular flexibility index (Phi) is 5.15. The summed E-state index contributed by atoms with van der Waals surface area (Å²) < 4.78 is 4.55. The normalized spacial score (nSPS) is 8.91. The van der Waals surface area contributed by atoms with Gasteiger partial charge >= 0.3 is 5.97 Å². The molecule has 0 atom stereocenters. The Labute approximate surface area is 65.9 Å². The molecule has 0 rings (SSSR count). The first-order valence-electron chi connectivity index (χ1n) is 3.43. The Balaban J connectivity index is 3.49. The standard InChI is InChI=1S/C7H12NO3/c1-3-8-6(9)5-7(10)11-4-2/h3H,4-5H2,1-2H3,(H,8,9). The predicted octanol–water partition coefficient (Wildman–Crippen LogP) is 0.237. The highest BCUT2D eigenvalue weighted by atomic mass is 16.5. The average Bonchev–Trinajstić information content (AvgIpc) is 1.87. The van der Waals surface area contributed by atoms with Gasteiger partial charge < -0.3 is 10.1 Å². The minimum atomic E-state index is -0.494. The molecule has 0 saturated heterocycles. The van der Waals surface area contributed by atoms with Crippen molar-refractivity contribution in [1.29, 1.82) is 0 Å². The lowest BCUT2D eigenvalue weighted by atomic mass is 10.4. The summed E-state index contributed by atoms with van der Waals surface area (Å²) in [5, 5.41) is 2.37. The number of ether oxygens (including phenoxy) is 1. The molecule has 0 saturated carbocycles. The first-order valence-corrected chi connectivity index (χ1v) is 3.43. The lowest BCUT2D eigenvalue weighted by molar-refractivity contribution is -0.145. The van der Waals surface area contributed by atoms with Crippen LogP contribution in [0.15, 0.2) is 0 Å². The molecule has 0 bridgehead atoms. The number of rotatable bonds is 4. The molecule has 0 spiro atoms. The van der Waals surface area contributed by atoms with E-state index in [2.05, 4.69) is 10.1 Å². The second-order valence-electron chi connectivity index (χ2n) is 1.84. The lowest BCUT2D eigenvalue weighted by Crippen LogP contribution is -2.23. The monoisotopic (exact) mass is 158 g/mol. The van der Waals surface area contributed by atoms with Crippen molar-refractivity contribution < 1.29 is 14.3 Å². The summed E-state index contributed by atoms with van der Waals surface area (Å²) in [6, 6.07) is 0. The summed E-state index contributed by atoms with van der Waals surface area (Å²) in [5.41, 5.74) is 0. The van der Waals surface area contributed by atoms with Gasteiger partial charge in [-0.2, -0.15) is 0 Å². The van der Waals surface area contributed by atoms with Crippen molar-refractivity contribution in [3.8, 4) is 0 Å². The second kappa shape index (κ2) is 5.70. The van der Waals surface area contributed by atoms with E-state index in [1.54, 1.807) is 13.8 Å². The Morgan fingerprint density at radius 3 is 2.64 bits per heavy atom. The van der Waals surface area contributed by atoms with Crippen molar-refractivity contribution in [2.45, 2.75) is 20.3 Å². The van der Waals surface area contributed by atoms with Crippen molar-refractivity contribution >= 4 is 11.9 Å². The maximum atomic E-state index is 10.7. The van der Waals surface area contributed by atoms with Gasteiger partial charge in [0.25, 0.3) is 0 Å². The van der Waals surface area contributed by atoms with Crippen molar-refractivity contribution in [3.63, 3.8) is 0 Å². The van der Waals surface area contributed by atoms with Gasteiger partial charge in [0.15, 0.2) is 0 Å². The first-order chi connectivity index (χ1) is 5.20. The van der Waals surface area contributed by atoms with Crippen LogP contribution in [0, 0.1) is 6.54 Å². The number of carbonyl (C=O) groups excluding carboxylic acids is 2. The molecule has 0 aromatic rings. The Bertz CT molecular complexity index is 129. The molecule has 0 heterocycles. The van der Waals surface area contributed by atoms with Crippen LogP contribution in [0.4, 0.5) is 0 Å². The van der Waals surface area contributed by atoms with Crippen LogP contribution in [0.25, 0.3) is 0 Å². The molecule has 0 aliphatic carbocycles. The van der Waals surface area contributed by atoms with Gasteiger partial charge in [-0.25, -0.2) is 0 Å². The number of carbonyl (C=O) groups is 2. The third-order valence-corrected chi connectivity index (χ3v) is 0.916. The fourth-order valence-electron chi connectivity index (χ4n) is 0.555. The van der Waals surface area contributed by atoms with Gasteiger partial charge in [0, 0.05) is 6.54 Å². The smallest absolute Gasteiger partial charge is 0.315 e. The van der Waals surface area contributed by atoms with Crippen molar-refractivity contribution in [2.24, 2.45) is 0 Å². The minimum Gasteiger partial charge on any atom is -0.466 e. The van der Waals surface area contributed by atoms with Gasteiger partial charge in [-0.15, -0.1) is 0 Å². The van der Waals surface area contributed by atoms with E-state index < -0.39 is 5.97 Å². The van der Waals surface area contributed by atoms with E-state index in [1.165, 1.54) is 6.54 Å². The van der Waals surface area contributed by atoms with E-state index in [9.17, 15) is 9.59 Å². The number of hydrogen-bond acceptors (Lipinski definition) is 3. The summed E-state index contributed by atoms with van der Waals surface area (Å²) in [4.78, 5) is 21.3. The van der Waals surface area contributed by atoms with Gasteiger partial charge in [0.2, 0.25) is 5.91 Å². The molecule has 4 nitrogen and oxygen atoms in total. The van der Waals surface area contributed by atoms with Crippen LogP contribution in [0.5, 0.6) is 0 Å². The summed E-state index contributed by atoms with van der Waals surface area (Å²) >= 11 is 0. The zero-order valence-corrected chi connectivity index (χ0v) is 6.72. The molecule has 0 aromatic heterocycles. The highest BCUT2D eigenvalue weighted by molar-refractivity contribution is 5.94. The SMILES string of the molecule is C[CH]NC(=O)CC(=O)OCC. The fourth-order valence-corrected chi connectivity index (χ4v) is 0.555. The Morgan fingerprint density at radius 1 is 1.55 bits per heavy atom. The molecule has 4 heteroatoms. The summed E-state index contributed by atoms with van der Waals surface area (Å²) in [7, 11) is 0. The molecule has 0 aliphatic rings. The molecular formula is C7H12NO3. The molecule has 63 valence electrons. The number of hydrogen-bond donors (Lipinski definition) is 1. The summed E-state index contributed by atoms with van der Waals surface area (Å²) in [5.74, 6) is -0.835. The van der Waals surface area contributed by atoms with E-state index >= 15 is 0 Å². The van der Waals surface area contributed by atoms with Crippen LogP contribution in [0.2, 0.25) is 0 Å². The third-order valence-electron chi connectivity index (χ3n) is 0.916. The molecule has 0 unspecified atom stereocenters. The van der Waals surface area contributed by atoms with E-state index in [0.717, 1.165) is 0 Å². The van der Waals surface area contributed by atoms with Crippen LogP contribution in [0.1, 0.15) is 20.3 Å². The number of nitrogens with one attached hydrogen (secondary N) is 1. The largest absolute Gasteiger partial charge is 0.466 e. The Morgan fingerprint density at radius 2 is 2.18 bits per heavy atom. The fraction of sp³-hybridized carbons (Fsp3) is 0.571. The van der Waals surface area contributed by atoms with Gasteiger partial charge in [-0.05, 0) is 13.8 Å². The highest BCUT2D eigenvalue weighted by Crippen LogP contribution is 1.86. The van der Waals surface area contributed by atoms with E-state index in [4.69, 9.17) is 0 Å². The molecule has 11 heavy (non-hydrogen) atoms. The topological polar surface area (TPSA) is 55.4 Å². The molecule has 1 radical (unpaired) electrons. The molecule has 1 amide bonds. The van der Waals surface area contributed by atoms with Crippen LogP contribution >= 0.6 is 0 Å². The molecular weight excluding hydrogens is 146 g/mol. The second-order valence-corrected chi connectivity index (χ2v) is 1.84. The van der Waals surface area contributed by atoms with Crippen LogP contribution in [-0.2, 0) is 14.3 Å². The average molecular weight is 158 g/mol. The maximum Gasteiger partial charge on any atom is 0.315 e. The van der Waals surface area contributed by atoms with E-state index in [1.807, 2.05) is 0 Å². The zero-order valence-electron chi connectivity index (χ0n) is 6.72. The van der Waals surface area contributed by atoms with E-state index in [0.29, 0.717) is 6.61 Å². The van der Waals surface area contributed by atoms with Crippen molar-refractivity contribution in [2.75, 3.05) is 6.61 Å². The summed E-state index contributed by atoms with van der Waals surface area (Å²) in [6.07, 6.45) is -0.210. The predicted molar refractivity (Wildman–Crippen MR) is 39.4 cm³/mol. The number of esters is 1. The van der Waals surface area contributed by atoms with Gasteiger partial charge in [0.05, 0.1) is 6.61 Å². The summed E-state index contributed by atoms with van der Waals surface area (Å²) in [6.45, 7) is 5.15. The van der Waals surface area contributed by atoms with Crippen molar-refractivity contribution in [1.82, 2.24) is 5.32 Å². The van der Waals surface area contributed by atoms with Gasteiger partial charge in [-0.3, -0.25) is 9.59 Å². The van der Waals surface area contributed by atoms with Gasteiger partial charge in [0.1, 0.15) is 6.42 Å².